The molecule has 0 atom stereocenters. The van der Waals surface area contributed by atoms with Crippen molar-refractivity contribution in [2.24, 2.45) is 5.92 Å². The number of pyridine rings is 1. The Hall–Kier alpha value is -1.92. The summed E-state index contributed by atoms with van der Waals surface area (Å²) in [5.74, 6) is 0.214. The molecule has 3 rings (SSSR count). The lowest BCUT2D eigenvalue weighted by Crippen LogP contribution is -2.38. The minimum atomic E-state index is -3.58. The van der Waals surface area contributed by atoms with E-state index in [-0.39, 0.29) is 16.6 Å². The van der Waals surface area contributed by atoms with E-state index in [0.717, 1.165) is 12.8 Å². The van der Waals surface area contributed by atoms with Gasteiger partial charge in [-0.3, -0.25) is 4.79 Å². The van der Waals surface area contributed by atoms with E-state index in [0.29, 0.717) is 35.4 Å². The number of likely N-dealkylation sites (tertiary alicyclic amines) is 1. The molecular weight excluding hydrogens is 372 g/mol. The molecule has 138 valence electrons. The molecule has 1 saturated heterocycles. The normalized spacial score (nSPS) is 15.8. The predicted molar refractivity (Wildman–Crippen MR) is 101 cm³/mol. The van der Waals surface area contributed by atoms with Gasteiger partial charge < -0.3 is 4.90 Å². The lowest BCUT2D eigenvalue weighted by Gasteiger charge is -2.30. The third-order valence-corrected chi connectivity index (χ3v) is 6.47. The van der Waals surface area contributed by atoms with E-state index in [2.05, 4.69) is 11.9 Å². The summed E-state index contributed by atoms with van der Waals surface area (Å²) in [7, 11) is -3.58. The number of halogens is 1. The number of carbonyl (C=O) groups is 1. The number of hydrogen-bond acceptors (Lipinski definition) is 4. The first kappa shape index (κ1) is 18.9. The van der Waals surface area contributed by atoms with Crippen LogP contribution in [0.4, 0.5) is 0 Å². The lowest BCUT2D eigenvalue weighted by atomic mass is 9.99. The van der Waals surface area contributed by atoms with Gasteiger partial charge in [-0.25, -0.2) is 13.4 Å². The van der Waals surface area contributed by atoms with E-state index >= 15 is 0 Å². The highest BCUT2D eigenvalue weighted by molar-refractivity contribution is 7.90. The molecule has 0 unspecified atom stereocenters. The average Bonchev–Trinajstić information content (AvgIpc) is 2.62. The smallest absolute Gasteiger partial charge is 0.272 e. The van der Waals surface area contributed by atoms with Crippen LogP contribution in [0.15, 0.2) is 47.4 Å². The highest BCUT2D eigenvalue weighted by Crippen LogP contribution is 2.21. The Balaban J connectivity index is 1.78. The second-order valence-corrected chi connectivity index (χ2v) is 9.13. The molecule has 1 fully saturated rings. The van der Waals surface area contributed by atoms with Gasteiger partial charge in [0.1, 0.15) is 5.69 Å². The second kappa shape index (κ2) is 7.76. The van der Waals surface area contributed by atoms with Crippen LogP contribution >= 0.6 is 11.6 Å². The zero-order valence-electron chi connectivity index (χ0n) is 14.6. The van der Waals surface area contributed by atoms with Gasteiger partial charge >= 0.3 is 0 Å². The van der Waals surface area contributed by atoms with Gasteiger partial charge in [-0.2, -0.15) is 0 Å². The minimum absolute atomic E-state index is 0.140. The van der Waals surface area contributed by atoms with E-state index < -0.39 is 9.84 Å². The van der Waals surface area contributed by atoms with Crippen molar-refractivity contribution in [1.29, 1.82) is 0 Å². The standard InChI is InChI=1S/C19H21ClN2O3S/c1-14-8-10-22(11-9-14)19(23)18-7-3-5-16(21-18)13-26(24,25)17-6-2-4-15(20)12-17/h2-7,12,14H,8-11,13H2,1H3. The number of nitrogens with zero attached hydrogens (tertiary/aromatic N) is 2. The summed E-state index contributed by atoms with van der Waals surface area (Å²) in [6.45, 7) is 3.61. The fourth-order valence-electron chi connectivity index (χ4n) is 2.99. The quantitative estimate of drug-likeness (QED) is 0.797. The van der Waals surface area contributed by atoms with Gasteiger partial charge in [0.25, 0.3) is 5.91 Å². The number of benzene rings is 1. The van der Waals surface area contributed by atoms with Crippen molar-refractivity contribution in [2.45, 2.75) is 30.4 Å². The summed E-state index contributed by atoms with van der Waals surface area (Å²) < 4.78 is 25.2. The highest BCUT2D eigenvalue weighted by Gasteiger charge is 2.23. The van der Waals surface area contributed by atoms with Crippen LogP contribution < -0.4 is 0 Å². The molecule has 0 radical (unpaired) electrons. The van der Waals surface area contributed by atoms with E-state index in [1.54, 1.807) is 35.2 Å². The number of rotatable bonds is 4. The van der Waals surface area contributed by atoms with Gasteiger partial charge in [-0.05, 0) is 49.1 Å². The third-order valence-electron chi connectivity index (χ3n) is 4.59. The van der Waals surface area contributed by atoms with Crippen LogP contribution in [0.5, 0.6) is 0 Å². The van der Waals surface area contributed by atoms with Crippen LogP contribution in [0.1, 0.15) is 35.9 Å². The molecule has 2 aromatic rings. The number of aromatic nitrogens is 1. The highest BCUT2D eigenvalue weighted by atomic mass is 35.5. The Morgan fingerprint density at radius 2 is 1.88 bits per heavy atom. The first-order valence-electron chi connectivity index (χ1n) is 8.59. The van der Waals surface area contributed by atoms with Crippen LogP contribution in [0.3, 0.4) is 0 Å². The van der Waals surface area contributed by atoms with Crippen LogP contribution in [0, 0.1) is 5.92 Å². The fraction of sp³-hybridized carbons (Fsp3) is 0.368. The summed E-state index contributed by atoms with van der Waals surface area (Å²) in [5.41, 5.74) is 0.638. The largest absolute Gasteiger partial charge is 0.337 e. The van der Waals surface area contributed by atoms with Gasteiger partial charge in [0.2, 0.25) is 0 Å². The van der Waals surface area contributed by atoms with Crippen LogP contribution in [0.2, 0.25) is 5.02 Å². The van der Waals surface area contributed by atoms with E-state index in [1.807, 2.05) is 0 Å². The van der Waals surface area contributed by atoms with Crippen molar-refractivity contribution < 1.29 is 13.2 Å². The molecule has 1 aromatic heterocycles. The summed E-state index contributed by atoms with van der Waals surface area (Å²) in [6, 6.07) is 11.1. The molecule has 0 saturated carbocycles. The summed E-state index contributed by atoms with van der Waals surface area (Å²) in [4.78, 5) is 18.9. The van der Waals surface area contributed by atoms with Crippen molar-refractivity contribution in [2.75, 3.05) is 13.1 Å². The van der Waals surface area contributed by atoms with E-state index in [4.69, 9.17) is 11.6 Å². The number of sulfone groups is 1. The maximum Gasteiger partial charge on any atom is 0.272 e. The first-order valence-corrected chi connectivity index (χ1v) is 10.6. The predicted octanol–water partition coefficient (Wildman–Crippen LogP) is 3.58. The third kappa shape index (κ3) is 4.43. The molecule has 0 N–H and O–H groups in total. The van der Waals surface area contributed by atoms with E-state index in [9.17, 15) is 13.2 Å². The number of piperidine rings is 1. The zero-order valence-corrected chi connectivity index (χ0v) is 16.1. The maximum atomic E-state index is 12.6. The molecule has 2 heterocycles. The summed E-state index contributed by atoms with van der Waals surface area (Å²) >= 11 is 5.89. The molecule has 0 spiro atoms. The monoisotopic (exact) mass is 392 g/mol. The summed E-state index contributed by atoms with van der Waals surface area (Å²) in [5, 5.41) is 0.363. The van der Waals surface area contributed by atoms with Gasteiger partial charge in [-0.15, -0.1) is 0 Å². The van der Waals surface area contributed by atoms with Gasteiger partial charge in [0, 0.05) is 18.1 Å². The van der Waals surface area contributed by atoms with Crippen molar-refractivity contribution in [3.8, 4) is 0 Å². The van der Waals surface area contributed by atoms with Crippen LogP contribution in [0.25, 0.3) is 0 Å². The Labute approximate surface area is 158 Å². The minimum Gasteiger partial charge on any atom is -0.337 e. The van der Waals surface area contributed by atoms with Crippen LogP contribution in [-0.4, -0.2) is 37.3 Å². The molecule has 5 nitrogen and oxygen atoms in total. The van der Waals surface area contributed by atoms with Crippen molar-refractivity contribution in [3.63, 3.8) is 0 Å². The second-order valence-electron chi connectivity index (χ2n) is 6.71. The molecule has 0 aliphatic carbocycles. The molecule has 1 aromatic carbocycles. The first-order chi connectivity index (χ1) is 12.3. The van der Waals surface area contributed by atoms with Crippen LogP contribution in [-0.2, 0) is 15.6 Å². The Bertz CT molecular complexity index is 907. The number of carbonyl (C=O) groups excluding carboxylic acids is 1. The Kier molecular flexibility index (Phi) is 5.63. The Morgan fingerprint density at radius 3 is 2.58 bits per heavy atom. The van der Waals surface area contributed by atoms with Crippen molar-refractivity contribution in [3.05, 3.63) is 58.9 Å². The molecule has 7 heteroatoms. The number of amides is 1. The lowest BCUT2D eigenvalue weighted by molar-refractivity contribution is 0.0691. The molecule has 1 amide bonds. The van der Waals surface area contributed by atoms with Crippen molar-refractivity contribution in [1.82, 2.24) is 9.88 Å². The van der Waals surface area contributed by atoms with Gasteiger partial charge in [-0.1, -0.05) is 30.7 Å². The SMILES string of the molecule is CC1CCN(C(=O)c2cccc(CS(=O)(=O)c3cccc(Cl)c3)n2)CC1. The van der Waals surface area contributed by atoms with Gasteiger partial charge in [0.05, 0.1) is 16.3 Å². The molecule has 0 bridgehead atoms. The fourth-order valence-corrected chi connectivity index (χ4v) is 4.56. The van der Waals surface area contributed by atoms with Gasteiger partial charge in [0.15, 0.2) is 9.84 Å². The van der Waals surface area contributed by atoms with Crippen molar-refractivity contribution >= 4 is 27.3 Å². The molecular formula is C19H21ClN2O3S. The topological polar surface area (TPSA) is 67.3 Å². The Morgan fingerprint density at radius 1 is 1.19 bits per heavy atom. The average molecular weight is 393 g/mol. The molecule has 26 heavy (non-hydrogen) atoms. The number of hydrogen-bond donors (Lipinski definition) is 0. The molecule has 1 aliphatic rings. The van der Waals surface area contributed by atoms with E-state index in [1.165, 1.54) is 12.1 Å². The maximum absolute atomic E-state index is 12.6. The zero-order chi connectivity index (χ0) is 18.7. The summed E-state index contributed by atoms with van der Waals surface area (Å²) in [6.07, 6.45) is 1.96. The molecule has 1 aliphatic heterocycles.